The van der Waals surface area contributed by atoms with E-state index in [-0.39, 0.29) is 17.2 Å². The Kier molecular flexibility index (Phi) is 4.43. The summed E-state index contributed by atoms with van der Waals surface area (Å²) in [5, 5.41) is 11.5. The van der Waals surface area contributed by atoms with Gasteiger partial charge in [-0.1, -0.05) is 55.5 Å². The SMILES string of the molecule is COc1ccc2c(n1)C[C@H]1C(=O)[C@]2(C#N)C[C@@H](C)[C@@H]1[Si](C)(C)c1ccccc1. The standard InChI is InChI=1S/C23H26N2O2Si/c1-15-13-23(14-24)18-10-11-20(27-2)25-19(18)12-17(22(23)26)21(15)28(3,4)16-8-6-5-7-9-16/h5-11,15,17,21H,12-13H2,1-4H3/t15-,17-,21+,23+/m1/s1. The maximum atomic E-state index is 13.7. The Bertz CT molecular complexity index is 966. The van der Waals surface area contributed by atoms with Gasteiger partial charge in [0.2, 0.25) is 5.88 Å². The van der Waals surface area contributed by atoms with Crippen molar-refractivity contribution >= 4 is 19.0 Å². The van der Waals surface area contributed by atoms with Crippen LogP contribution in [0.5, 0.6) is 5.88 Å². The van der Waals surface area contributed by atoms with Crippen molar-refractivity contribution in [2.75, 3.05) is 7.11 Å². The second kappa shape index (κ2) is 6.56. The number of benzene rings is 1. The molecule has 1 aromatic heterocycles. The number of Topliss-reactive ketones (excluding diaryl/α,β-unsaturated/α-hetero) is 1. The summed E-state index contributed by atoms with van der Waals surface area (Å²) >= 11 is 0. The molecule has 2 bridgehead atoms. The highest BCUT2D eigenvalue weighted by atomic mass is 28.3. The molecule has 2 aromatic rings. The molecule has 1 heterocycles. The lowest BCUT2D eigenvalue weighted by Gasteiger charge is -2.52. The summed E-state index contributed by atoms with van der Waals surface area (Å²) in [6.07, 6.45) is 1.18. The molecule has 0 amide bonds. The lowest BCUT2D eigenvalue weighted by Crippen LogP contribution is -2.60. The summed E-state index contributed by atoms with van der Waals surface area (Å²) in [5.41, 5.74) is 0.876. The van der Waals surface area contributed by atoms with E-state index in [0.29, 0.717) is 24.6 Å². The van der Waals surface area contributed by atoms with Gasteiger partial charge in [0.15, 0.2) is 5.78 Å². The minimum Gasteiger partial charge on any atom is -0.481 e. The van der Waals surface area contributed by atoms with Crippen LogP contribution in [0.25, 0.3) is 0 Å². The zero-order chi connectivity index (χ0) is 20.1. The van der Waals surface area contributed by atoms with E-state index in [2.05, 4.69) is 55.3 Å². The van der Waals surface area contributed by atoms with Crippen LogP contribution in [0.1, 0.15) is 24.6 Å². The first-order valence-corrected chi connectivity index (χ1v) is 13.0. The van der Waals surface area contributed by atoms with Gasteiger partial charge < -0.3 is 4.74 Å². The molecule has 28 heavy (non-hydrogen) atoms. The summed E-state index contributed by atoms with van der Waals surface area (Å²) in [7, 11) is -0.344. The number of aromatic nitrogens is 1. The zero-order valence-electron chi connectivity index (χ0n) is 16.9. The molecule has 0 radical (unpaired) electrons. The van der Waals surface area contributed by atoms with Crippen LogP contribution in [0.3, 0.4) is 0 Å². The highest BCUT2D eigenvalue weighted by Crippen LogP contribution is 2.55. The Hall–Kier alpha value is -2.45. The average molecular weight is 391 g/mol. The van der Waals surface area contributed by atoms with E-state index in [0.717, 1.165) is 11.3 Å². The number of hydrogen-bond acceptors (Lipinski definition) is 4. The minimum absolute atomic E-state index is 0.106. The molecule has 0 aliphatic heterocycles. The summed E-state index contributed by atoms with van der Waals surface area (Å²) in [5.74, 6) is 0.800. The second-order valence-corrected chi connectivity index (χ2v) is 13.5. The lowest BCUT2D eigenvalue weighted by atomic mass is 9.57. The van der Waals surface area contributed by atoms with Crippen molar-refractivity contribution in [3.05, 3.63) is 53.7 Å². The Morgan fingerprint density at radius 1 is 1.21 bits per heavy atom. The molecular formula is C23H26N2O2Si. The summed E-state index contributed by atoms with van der Waals surface area (Å²) in [6.45, 7) is 6.96. The lowest BCUT2D eigenvalue weighted by molar-refractivity contribution is -0.131. The molecule has 5 heteroatoms. The van der Waals surface area contributed by atoms with E-state index in [1.165, 1.54) is 5.19 Å². The van der Waals surface area contributed by atoms with Gasteiger partial charge in [-0.25, -0.2) is 4.98 Å². The van der Waals surface area contributed by atoms with Gasteiger partial charge in [-0.15, -0.1) is 0 Å². The highest BCUT2D eigenvalue weighted by molar-refractivity contribution is 6.91. The van der Waals surface area contributed by atoms with Crippen LogP contribution in [0.15, 0.2) is 42.5 Å². The zero-order valence-corrected chi connectivity index (χ0v) is 17.9. The number of fused-ring (bicyclic) bond motifs is 4. The van der Waals surface area contributed by atoms with E-state index in [1.807, 2.05) is 12.1 Å². The molecule has 1 aromatic carbocycles. The maximum absolute atomic E-state index is 13.7. The van der Waals surface area contributed by atoms with Crippen molar-refractivity contribution < 1.29 is 9.53 Å². The molecule has 0 N–H and O–H groups in total. The third-order valence-electron chi connectivity index (χ3n) is 7.00. The topological polar surface area (TPSA) is 63.0 Å². The molecule has 2 aliphatic rings. The van der Waals surface area contributed by atoms with Gasteiger partial charge in [-0.3, -0.25) is 4.79 Å². The van der Waals surface area contributed by atoms with Crippen molar-refractivity contribution in [3.63, 3.8) is 0 Å². The van der Waals surface area contributed by atoms with Gasteiger partial charge in [0.05, 0.1) is 26.9 Å². The molecule has 4 rings (SSSR count). The van der Waals surface area contributed by atoms with Crippen LogP contribution < -0.4 is 9.92 Å². The fraction of sp³-hybridized carbons (Fsp3) is 0.435. The Labute approximate surface area is 167 Å². The molecule has 1 fully saturated rings. The number of nitrogens with zero attached hydrogens (tertiary/aromatic N) is 2. The first kappa shape index (κ1) is 18.9. The number of ether oxygens (including phenoxy) is 1. The number of carbonyl (C=O) groups is 1. The van der Waals surface area contributed by atoms with Crippen molar-refractivity contribution in [1.82, 2.24) is 4.98 Å². The van der Waals surface area contributed by atoms with Gasteiger partial charge in [-0.2, -0.15) is 5.26 Å². The van der Waals surface area contributed by atoms with Gasteiger partial charge in [0, 0.05) is 17.5 Å². The van der Waals surface area contributed by atoms with Crippen LogP contribution >= 0.6 is 0 Å². The number of rotatable bonds is 3. The molecule has 2 aliphatic carbocycles. The normalized spacial score (nSPS) is 29.0. The summed E-state index contributed by atoms with van der Waals surface area (Å²) in [6, 6.07) is 16.7. The van der Waals surface area contributed by atoms with E-state index < -0.39 is 13.5 Å². The van der Waals surface area contributed by atoms with Crippen molar-refractivity contribution in [1.29, 1.82) is 5.26 Å². The van der Waals surface area contributed by atoms with Crippen LogP contribution in [-0.4, -0.2) is 26.0 Å². The molecule has 1 saturated carbocycles. The first-order chi connectivity index (χ1) is 13.3. The smallest absolute Gasteiger partial charge is 0.213 e. The van der Waals surface area contributed by atoms with E-state index in [9.17, 15) is 10.1 Å². The molecule has 144 valence electrons. The number of hydrogen-bond donors (Lipinski definition) is 0. The van der Waals surface area contributed by atoms with Gasteiger partial charge in [0.25, 0.3) is 0 Å². The largest absolute Gasteiger partial charge is 0.481 e. The predicted molar refractivity (Wildman–Crippen MR) is 111 cm³/mol. The summed E-state index contributed by atoms with van der Waals surface area (Å²) in [4.78, 5) is 18.3. The number of pyridine rings is 1. The third kappa shape index (κ3) is 2.55. The quantitative estimate of drug-likeness (QED) is 0.751. The van der Waals surface area contributed by atoms with Crippen molar-refractivity contribution in [2.45, 2.75) is 43.8 Å². The minimum atomic E-state index is -1.94. The average Bonchev–Trinajstić information content (AvgIpc) is 2.70. The molecule has 4 nitrogen and oxygen atoms in total. The van der Waals surface area contributed by atoms with Crippen LogP contribution in [0.4, 0.5) is 0 Å². The van der Waals surface area contributed by atoms with Gasteiger partial charge in [-0.05, 0) is 30.4 Å². The molecular weight excluding hydrogens is 364 g/mol. The highest BCUT2D eigenvalue weighted by Gasteiger charge is 2.60. The first-order valence-electron chi connectivity index (χ1n) is 9.90. The fourth-order valence-corrected chi connectivity index (χ4v) is 10.1. The third-order valence-corrected chi connectivity index (χ3v) is 11.5. The predicted octanol–water partition coefficient (Wildman–Crippen LogP) is 3.62. The summed E-state index contributed by atoms with van der Waals surface area (Å²) < 4.78 is 5.31. The number of methoxy groups -OCH3 is 1. The number of ketones is 1. The molecule has 4 atom stereocenters. The second-order valence-electron chi connectivity index (χ2n) is 8.83. The maximum Gasteiger partial charge on any atom is 0.213 e. The molecule has 0 saturated heterocycles. The Morgan fingerprint density at radius 2 is 1.93 bits per heavy atom. The van der Waals surface area contributed by atoms with E-state index >= 15 is 0 Å². The Morgan fingerprint density at radius 3 is 2.57 bits per heavy atom. The van der Waals surface area contributed by atoms with Crippen LogP contribution in [0.2, 0.25) is 18.6 Å². The van der Waals surface area contributed by atoms with E-state index in [4.69, 9.17) is 4.74 Å². The van der Waals surface area contributed by atoms with Gasteiger partial charge >= 0.3 is 0 Å². The van der Waals surface area contributed by atoms with E-state index in [1.54, 1.807) is 13.2 Å². The monoisotopic (exact) mass is 390 g/mol. The van der Waals surface area contributed by atoms with Gasteiger partial charge in [0.1, 0.15) is 5.41 Å². The molecule has 0 spiro atoms. The fourth-order valence-electron chi connectivity index (χ4n) is 5.83. The number of nitriles is 1. The van der Waals surface area contributed by atoms with Crippen LogP contribution in [0, 0.1) is 23.2 Å². The number of carbonyl (C=O) groups excluding carboxylic acids is 1. The Balaban J connectivity index is 1.86. The van der Waals surface area contributed by atoms with Crippen LogP contribution in [-0.2, 0) is 16.6 Å². The molecule has 0 unspecified atom stereocenters. The van der Waals surface area contributed by atoms with Crippen molar-refractivity contribution in [2.24, 2.45) is 11.8 Å². The van der Waals surface area contributed by atoms with Crippen molar-refractivity contribution in [3.8, 4) is 11.9 Å².